The molecule has 2 aliphatic rings. The van der Waals surface area contributed by atoms with Gasteiger partial charge in [-0.1, -0.05) is 54.1 Å². The Bertz CT molecular complexity index is 1300. The van der Waals surface area contributed by atoms with Crippen LogP contribution in [0.25, 0.3) is 5.57 Å². The minimum Gasteiger partial charge on any atom is -0.494 e. The van der Waals surface area contributed by atoms with Crippen LogP contribution in [0, 0.1) is 11.7 Å². The van der Waals surface area contributed by atoms with Crippen molar-refractivity contribution in [2.24, 2.45) is 11.1 Å². The third-order valence-corrected chi connectivity index (χ3v) is 6.67. The maximum absolute atomic E-state index is 14.3. The van der Waals surface area contributed by atoms with Crippen LogP contribution in [0.5, 0.6) is 0 Å². The molecule has 0 aromatic heterocycles. The monoisotopic (exact) mass is 488 g/mol. The van der Waals surface area contributed by atoms with Gasteiger partial charge in [-0.15, -0.1) is 0 Å². The fourth-order valence-corrected chi connectivity index (χ4v) is 4.85. The molecule has 2 unspecified atom stereocenters. The molecule has 4 rings (SSSR count). The van der Waals surface area contributed by atoms with Gasteiger partial charge in [0.05, 0.1) is 14.2 Å². The number of ether oxygens (including phenoxy) is 2. The van der Waals surface area contributed by atoms with Crippen LogP contribution in [0.3, 0.4) is 0 Å². The quantitative estimate of drug-likeness (QED) is 0.400. The summed E-state index contributed by atoms with van der Waals surface area (Å²) >= 11 is 0. The Morgan fingerprint density at radius 1 is 1.14 bits per heavy atom. The highest BCUT2D eigenvalue weighted by Crippen LogP contribution is 2.47. The van der Waals surface area contributed by atoms with Gasteiger partial charge in [-0.05, 0) is 65.1 Å². The summed E-state index contributed by atoms with van der Waals surface area (Å²) in [6.07, 6.45) is 5.43. The van der Waals surface area contributed by atoms with Crippen molar-refractivity contribution >= 4 is 17.2 Å². The van der Waals surface area contributed by atoms with E-state index in [2.05, 4.69) is 10.5 Å². The molecule has 0 saturated carbocycles. The summed E-state index contributed by atoms with van der Waals surface area (Å²) in [6, 6.07) is 14.4. The number of carbonyl (C=O) groups is 1. The number of amides is 1. The van der Waals surface area contributed by atoms with E-state index in [1.54, 1.807) is 18.2 Å². The fourth-order valence-electron chi connectivity index (χ4n) is 4.85. The zero-order valence-electron chi connectivity index (χ0n) is 20.7. The van der Waals surface area contributed by atoms with Crippen molar-refractivity contribution in [1.82, 2.24) is 5.32 Å². The van der Waals surface area contributed by atoms with E-state index >= 15 is 0 Å². The molecule has 2 N–H and O–H groups in total. The normalized spacial score (nSPS) is 17.6. The van der Waals surface area contributed by atoms with Crippen LogP contribution in [0.1, 0.15) is 36.5 Å². The van der Waals surface area contributed by atoms with E-state index in [0.29, 0.717) is 18.1 Å². The second-order valence-corrected chi connectivity index (χ2v) is 8.82. The van der Waals surface area contributed by atoms with Crippen LogP contribution in [0.15, 0.2) is 94.6 Å². The number of allylic oxidation sites excluding steroid dienone is 6. The first-order valence-electron chi connectivity index (χ1n) is 11.7. The average molecular weight is 489 g/mol. The lowest BCUT2D eigenvalue weighted by Crippen LogP contribution is -2.32. The summed E-state index contributed by atoms with van der Waals surface area (Å²) in [5, 5.41) is 15.7. The number of nitrogens with one attached hydrogen (secondary N) is 1. The van der Waals surface area contributed by atoms with Crippen LogP contribution in [0.2, 0.25) is 0 Å². The Balaban J connectivity index is 1.70. The summed E-state index contributed by atoms with van der Waals surface area (Å²) in [6.45, 7) is 4.27. The van der Waals surface area contributed by atoms with E-state index in [-0.39, 0.29) is 23.4 Å². The molecule has 0 heterocycles. The molecule has 2 aliphatic carbocycles. The molecule has 2 aromatic rings. The smallest absolute Gasteiger partial charge is 0.224 e. The van der Waals surface area contributed by atoms with Crippen molar-refractivity contribution in [3.8, 4) is 0 Å². The molecule has 0 fully saturated rings. The maximum Gasteiger partial charge on any atom is 0.224 e. The molecular formula is C29H29FN2O4. The predicted molar refractivity (Wildman–Crippen MR) is 137 cm³/mol. The number of rotatable bonds is 7. The standard InChI is InChI=1S/C29H29FN2O4/c1-17-23(12-20-13-25(35-3)28(32-34)26(14-20)36-4)22-11-10-21(30)15-24(22)27(17)18(2)29(33)31-16-19-8-6-5-7-9-19/h5-15,18,27,34H,16H2,1-4H3,(H,31,33). The van der Waals surface area contributed by atoms with Crippen molar-refractivity contribution < 1.29 is 23.9 Å². The van der Waals surface area contributed by atoms with Gasteiger partial charge in [-0.2, -0.15) is 0 Å². The first kappa shape index (κ1) is 25.0. The van der Waals surface area contributed by atoms with Crippen molar-refractivity contribution in [1.29, 1.82) is 0 Å². The third-order valence-electron chi connectivity index (χ3n) is 6.67. The van der Waals surface area contributed by atoms with Crippen LogP contribution in [-0.4, -0.2) is 31.0 Å². The van der Waals surface area contributed by atoms with Gasteiger partial charge in [0.25, 0.3) is 0 Å². The maximum atomic E-state index is 14.3. The van der Waals surface area contributed by atoms with Crippen LogP contribution < -0.4 is 5.32 Å². The molecule has 0 bridgehead atoms. The van der Waals surface area contributed by atoms with Gasteiger partial charge in [0.1, 0.15) is 5.82 Å². The second kappa shape index (κ2) is 10.6. The minimum absolute atomic E-state index is 0.100. The summed E-state index contributed by atoms with van der Waals surface area (Å²) < 4.78 is 25.1. The van der Waals surface area contributed by atoms with E-state index in [1.165, 1.54) is 26.4 Å². The Hall–Kier alpha value is -4.13. The van der Waals surface area contributed by atoms with Gasteiger partial charge in [0, 0.05) is 18.4 Å². The number of nitrogens with zero attached hydrogens (tertiary/aromatic N) is 1. The zero-order valence-corrected chi connectivity index (χ0v) is 20.7. The molecule has 2 aromatic carbocycles. The largest absolute Gasteiger partial charge is 0.494 e. The predicted octanol–water partition coefficient (Wildman–Crippen LogP) is 5.48. The molecule has 6 nitrogen and oxygen atoms in total. The van der Waals surface area contributed by atoms with E-state index < -0.39 is 5.92 Å². The van der Waals surface area contributed by atoms with Gasteiger partial charge in [0.2, 0.25) is 5.91 Å². The Morgan fingerprint density at radius 3 is 2.42 bits per heavy atom. The number of carbonyl (C=O) groups excluding carboxylic acids is 1. The lowest BCUT2D eigenvalue weighted by atomic mass is 9.84. The Morgan fingerprint density at radius 2 is 1.81 bits per heavy atom. The lowest BCUT2D eigenvalue weighted by molar-refractivity contribution is -0.125. The number of benzene rings is 2. The van der Waals surface area contributed by atoms with E-state index in [4.69, 9.17) is 9.47 Å². The number of methoxy groups -OCH3 is 2. The lowest BCUT2D eigenvalue weighted by Gasteiger charge is -2.22. The molecule has 1 amide bonds. The van der Waals surface area contributed by atoms with Crippen LogP contribution in [-0.2, 0) is 20.8 Å². The number of oxime groups is 1. The van der Waals surface area contributed by atoms with Gasteiger partial charge >= 0.3 is 0 Å². The Labute approximate surface area is 210 Å². The first-order valence-corrected chi connectivity index (χ1v) is 11.7. The number of fused-ring (bicyclic) bond motifs is 1. The fraction of sp³-hybridized carbons (Fsp3) is 0.241. The van der Waals surface area contributed by atoms with Crippen molar-refractivity contribution in [3.63, 3.8) is 0 Å². The minimum atomic E-state index is -0.417. The van der Waals surface area contributed by atoms with Crippen molar-refractivity contribution in [3.05, 3.63) is 112 Å². The molecule has 0 spiro atoms. The van der Waals surface area contributed by atoms with Gasteiger partial charge in [-0.3, -0.25) is 4.79 Å². The number of hydrogen-bond donors (Lipinski definition) is 2. The van der Waals surface area contributed by atoms with Gasteiger partial charge in [-0.25, -0.2) is 4.39 Å². The average Bonchev–Trinajstić information content (AvgIpc) is 3.16. The highest BCUT2D eigenvalue weighted by atomic mass is 19.1. The molecule has 0 radical (unpaired) electrons. The summed E-state index contributed by atoms with van der Waals surface area (Å²) in [4.78, 5) is 13.1. The molecule has 7 heteroatoms. The Kier molecular flexibility index (Phi) is 7.38. The highest BCUT2D eigenvalue weighted by molar-refractivity contribution is 6.11. The SMILES string of the molecule is COC1=CC(=CC2=C(C)C(C(C)C(=O)NCc3ccccc3)c3cc(F)ccc32)C=C(OC)C1=NO. The molecule has 186 valence electrons. The van der Waals surface area contributed by atoms with Crippen molar-refractivity contribution in [2.45, 2.75) is 26.3 Å². The van der Waals surface area contributed by atoms with Gasteiger partial charge < -0.3 is 20.0 Å². The molecule has 36 heavy (non-hydrogen) atoms. The van der Waals surface area contributed by atoms with E-state index in [0.717, 1.165) is 33.4 Å². The highest BCUT2D eigenvalue weighted by Gasteiger charge is 2.35. The molecule has 0 aliphatic heterocycles. The van der Waals surface area contributed by atoms with Crippen molar-refractivity contribution in [2.75, 3.05) is 14.2 Å². The summed E-state index contributed by atoms with van der Waals surface area (Å²) in [5.74, 6) is -0.445. The summed E-state index contributed by atoms with van der Waals surface area (Å²) in [5.41, 5.74) is 5.47. The molecular weight excluding hydrogens is 459 g/mol. The molecule has 2 atom stereocenters. The first-order chi connectivity index (χ1) is 17.4. The van der Waals surface area contributed by atoms with Gasteiger partial charge in [0.15, 0.2) is 17.2 Å². The third kappa shape index (κ3) is 4.82. The molecule has 0 saturated heterocycles. The zero-order chi connectivity index (χ0) is 25.8. The van der Waals surface area contributed by atoms with E-state index in [1.807, 2.05) is 50.3 Å². The topological polar surface area (TPSA) is 80.2 Å². The van der Waals surface area contributed by atoms with E-state index in [9.17, 15) is 14.4 Å². The second-order valence-electron chi connectivity index (χ2n) is 8.82. The number of hydrogen-bond acceptors (Lipinski definition) is 5. The summed E-state index contributed by atoms with van der Waals surface area (Å²) in [7, 11) is 2.97. The number of halogens is 1. The van der Waals surface area contributed by atoms with Crippen LogP contribution in [0.4, 0.5) is 4.39 Å². The van der Waals surface area contributed by atoms with Crippen LogP contribution >= 0.6 is 0 Å².